The number of aliphatic hydroxyl groups is 1. The highest BCUT2D eigenvalue weighted by molar-refractivity contribution is 6.32. The summed E-state index contributed by atoms with van der Waals surface area (Å²) in [5, 5.41) is 20.9. The van der Waals surface area contributed by atoms with E-state index in [0.717, 1.165) is 5.69 Å². The Balaban J connectivity index is 1.62. The fraction of sp³-hybridized carbons (Fsp3) is 0.227. The second-order valence-electron chi connectivity index (χ2n) is 7.13. The predicted molar refractivity (Wildman–Crippen MR) is 111 cm³/mol. The van der Waals surface area contributed by atoms with Crippen LogP contribution in [-0.4, -0.2) is 27.2 Å². The molecule has 1 N–H and O–H groups in total. The van der Waals surface area contributed by atoms with Crippen molar-refractivity contribution >= 4 is 17.3 Å². The van der Waals surface area contributed by atoms with Crippen LogP contribution in [0, 0.1) is 11.3 Å². The first-order valence-corrected chi connectivity index (χ1v) is 9.65. The van der Waals surface area contributed by atoms with E-state index in [1.54, 1.807) is 42.7 Å². The number of hydrogen-bond acceptors (Lipinski definition) is 5. The van der Waals surface area contributed by atoms with E-state index in [9.17, 15) is 9.90 Å². The second kappa shape index (κ2) is 7.36. The molecule has 0 bridgehead atoms. The van der Waals surface area contributed by atoms with Gasteiger partial charge < -0.3 is 10.0 Å². The molecule has 0 radical (unpaired) electrons. The van der Waals surface area contributed by atoms with Crippen LogP contribution in [0.2, 0.25) is 5.02 Å². The van der Waals surface area contributed by atoms with Crippen LogP contribution in [0.3, 0.4) is 0 Å². The molecule has 146 valence electrons. The van der Waals surface area contributed by atoms with E-state index in [-0.39, 0.29) is 11.6 Å². The average molecular weight is 407 g/mol. The van der Waals surface area contributed by atoms with Crippen molar-refractivity contribution in [1.29, 1.82) is 5.26 Å². The summed E-state index contributed by atoms with van der Waals surface area (Å²) >= 11 is 6.18. The van der Waals surface area contributed by atoms with Gasteiger partial charge in [-0.3, -0.25) is 9.36 Å². The van der Waals surface area contributed by atoms with Crippen LogP contribution in [0.5, 0.6) is 0 Å². The molecule has 4 rings (SSSR count). The minimum atomic E-state index is -1.09. The molecule has 1 aliphatic heterocycles. The summed E-state index contributed by atoms with van der Waals surface area (Å²) < 4.78 is 1.46. The molecule has 2 atom stereocenters. The van der Waals surface area contributed by atoms with Gasteiger partial charge in [-0.05, 0) is 43.7 Å². The average Bonchev–Trinajstić information content (AvgIpc) is 3.04. The molecule has 6 nitrogen and oxygen atoms in total. The molecule has 3 heterocycles. The lowest BCUT2D eigenvalue weighted by atomic mass is 9.88. The van der Waals surface area contributed by atoms with Crippen molar-refractivity contribution in [2.24, 2.45) is 0 Å². The number of rotatable bonds is 3. The van der Waals surface area contributed by atoms with Crippen LogP contribution in [0.1, 0.15) is 24.5 Å². The Bertz CT molecular complexity index is 1150. The maximum Gasteiger partial charge on any atom is 0.256 e. The number of benzene rings is 1. The van der Waals surface area contributed by atoms with Crippen molar-refractivity contribution in [1.82, 2.24) is 9.55 Å². The highest BCUT2D eigenvalue weighted by atomic mass is 35.5. The smallest absolute Gasteiger partial charge is 0.256 e. The molecule has 0 aliphatic carbocycles. The highest BCUT2D eigenvalue weighted by Crippen LogP contribution is 2.40. The lowest BCUT2D eigenvalue weighted by Crippen LogP contribution is -2.40. The molecule has 0 amide bonds. The van der Waals surface area contributed by atoms with E-state index in [0.29, 0.717) is 34.9 Å². The molecule has 1 aliphatic rings. The first-order valence-electron chi connectivity index (χ1n) is 9.27. The molecule has 0 spiro atoms. The topological polar surface area (TPSA) is 82.2 Å². The summed E-state index contributed by atoms with van der Waals surface area (Å²) in [5.74, 6) is 0.504. The summed E-state index contributed by atoms with van der Waals surface area (Å²) in [4.78, 5) is 18.5. The molecule has 7 heteroatoms. The van der Waals surface area contributed by atoms with Crippen molar-refractivity contribution in [2.45, 2.75) is 25.0 Å². The number of halogens is 1. The number of nitriles is 1. The van der Waals surface area contributed by atoms with Gasteiger partial charge in [0.25, 0.3) is 5.56 Å². The number of pyridine rings is 2. The van der Waals surface area contributed by atoms with Crippen LogP contribution < -0.4 is 10.5 Å². The number of anilines is 1. The maximum absolute atomic E-state index is 12.0. The van der Waals surface area contributed by atoms with Gasteiger partial charge in [-0.15, -0.1) is 0 Å². The molecule has 0 saturated carbocycles. The van der Waals surface area contributed by atoms with E-state index in [4.69, 9.17) is 16.9 Å². The molecular formula is C22H19ClN4O2. The van der Waals surface area contributed by atoms with Gasteiger partial charge in [0.15, 0.2) is 0 Å². The van der Waals surface area contributed by atoms with Crippen molar-refractivity contribution in [3.63, 3.8) is 0 Å². The molecule has 2 aromatic heterocycles. The Morgan fingerprint density at radius 2 is 2.10 bits per heavy atom. The van der Waals surface area contributed by atoms with Crippen LogP contribution in [0.15, 0.2) is 65.7 Å². The van der Waals surface area contributed by atoms with Crippen LogP contribution in [0.25, 0.3) is 5.82 Å². The second-order valence-corrected chi connectivity index (χ2v) is 7.54. The zero-order valence-corrected chi connectivity index (χ0v) is 16.5. The fourth-order valence-corrected chi connectivity index (χ4v) is 4.08. The third kappa shape index (κ3) is 3.29. The normalized spacial score (nSPS) is 21.2. The molecule has 3 aromatic rings. The summed E-state index contributed by atoms with van der Waals surface area (Å²) in [6.45, 7) is 2.59. The molecule has 1 saturated heterocycles. The van der Waals surface area contributed by atoms with E-state index in [2.05, 4.69) is 16.0 Å². The molecular weight excluding hydrogens is 388 g/mol. The fourth-order valence-electron chi connectivity index (χ4n) is 3.86. The van der Waals surface area contributed by atoms with E-state index < -0.39 is 5.60 Å². The molecule has 1 fully saturated rings. The van der Waals surface area contributed by atoms with Gasteiger partial charge in [-0.1, -0.05) is 23.7 Å². The third-order valence-corrected chi connectivity index (χ3v) is 5.93. The SMILES string of the molecule is C[C@@H]1N(c2ccc(C#N)c(Cl)c2)CC[C@@]1(O)c1ccc(-n2ccccc2=O)nc1. The van der Waals surface area contributed by atoms with Crippen LogP contribution in [-0.2, 0) is 5.60 Å². The Kier molecular flexibility index (Phi) is 4.87. The highest BCUT2D eigenvalue weighted by Gasteiger charge is 2.45. The minimum Gasteiger partial charge on any atom is -0.383 e. The lowest BCUT2D eigenvalue weighted by Gasteiger charge is -2.33. The summed E-state index contributed by atoms with van der Waals surface area (Å²) in [6.07, 6.45) is 3.81. The van der Waals surface area contributed by atoms with E-state index in [1.165, 1.54) is 10.6 Å². The van der Waals surface area contributed by atoms with Gasteiger partial charge in [0.2, 0.25) is 0 Å². The van der Waals surface area contributed by atoms with Crippen molar-refractivity contribution in [3.8, 4) is 11.9 Å². The van der Waals surface area contributed by atoms with Crippen LogP contribution >= 0.6 is 11.6 Å². The first-order chi connectivity index (χ1) is 13.9. The van der Waals surface area contributed by atoms with E-state index >= 15 is 0 Å². The monoisotopic (exact) mass is 406 g/mol. The van der Waals surface area contributed by atoms with Gasteiger partial charge in [0.05, 0.1) is 16.6 Å². The van der Waals surface area contributed by atoms with Crippen LogP contribution in [0.4, 0.5) is 5.69 Å². The summed E-state index contributed by atoms with van der Waals surface area (Å²) in [7, 11) is 0. The van der Waals surface area contributed by atoms with Gasteiger partial charge in [-0.25, -0.2) is 4.98 Å². The quantitative estimate of drug-likeness (QED) is 0.722. The Labute approximate surface area is 173 Å². The largest absolute Gasteiger partial charge is 0.383 e. The van der Waals surface area contributed by atoms with Gasteiger partial charge in [0, 0.05) is 36.3 Å². The predicted octanol–water partition coefficient (Wildman–Crippen LogP) is 3.24. The Morgan fingerprint density at radius 1 is 1.28 bits per heavy atom. The van der Waals surface area contributed by atoms with Gasteiger partial charge >= 0.3 is 0 Å². The first kappa shape index (κ1) is 19.2. The summed E-state index contributed by atoms with van der Waals surface area (Å²) in [5.41, 5.74) is 0.726. The molecule has 1 aromatic carbocycles. The van der Waals surface area contributed by atoms with E-state index in [1.807, 2.05) is 19.1 Å². The number of hydrogen-bond donors (Lipinski definition) is 1. The van der Waals surface area contributed by atoms with Gasteiger partial charge in [-0.2, -0.15) is 5.26 Å². The number of nitrogens with zero attached hydrogens (tertiary/aromatic N) is 4. The Morgan fingerprint density at radius 3 is 2.76 bits per heavy atom. The standard InChI is InChI=1S/C22H19ClN4O2/c1-15-22(29,9-11-26(15)18-7-5-16(13-24)19(23)12-18)17-6-8-20(25-14-17)27-10-3-2-4-21(27)28/h2-8,10,12,14-15,29H,9,11H2,1H3/t15-,22-/m0/s1. The van der Waals surface area contributed by atoms with Crippen molar-refractivity contribution in [2.75, 3.05) is 11.4 Å². The maximum atomic E-state index is 12.0. The molecule has 29 heavy (non-hydrogen) atoms. The van der Waals surface area contributed by atoms with Crippen molar-refractivity contribution < 1.29 is 5.11 Å². The van der Waals surface area contributed by atoms with Gasteiger partial charge in [0.1, 0.15) is 17.5 Å². The summed E-state index contributed by atoms with van der Waals surface area (Å²) in [6, 6.07) is 15.6. The minimum absolute atomic E-state index is 0.162. The number of aromatic nitrogens is 2. The molecule has 0 unspecified atom stereocenters. The lowest BCUT2D eigenvalue weighted by molar-refractivity contribution is 0.0327. The van der Waals surface area contributed by atoms with Crippen molar-refractivity contribution in [3.05, 3.63) is 87.4 Å². The zero-order valence-electron chi connectivity index (χ0n) is 15.8. The zero-order chi connectivity index (χ0) is 20.6. The third-order valence-electron chi connectivity index (χ3n) is 5.61. The Hall–Kier alpha value is -3.14.